The van der Waals surface area contributed by atoms with Gasteiger partial charge >= 0.3 is 12.0 Å². The second-order valence-electron chi connectivity index (χ2n) is 11.5. The van der Waals surface area contributed by atoms with E-state index in [0.717, 1.165) is 50.5 Å². The van der Waals surface area contributed by atoms with Crippen molar-refractivity contribution >= 4 is 12.0 Å². The van der Waals surface area contributed by atoms with Gasteiger partial charge in [0.15, 0.2) is 5.60 Å². The number of rotatable bonds is 13. The summed E-state index contributed by atoms with van der Waals surface area (Å²) in [5.74, 6) is -0.341. The highest BCUT2D eigenvalue weighted by Gasteiger charge is 2.42. The summed E-state index contributed by atoms with van der Waals surface area (Å²) in [6.07, 6.45) is 6.37. The van der Waals surface area contributed by atoms with E-state index in [2.05, 4.69) is 54.7 Å². The smallest absolute Gasteiger partial charge is 0.347 e. The van der Waals surface area contributed by atoms with Crippen LogP contribution in [0.3, 0.4) is 0 Å². The first kappa shape index (κ1) is 29.2. The Hall–Kier alpha value is -3.80. The minimum atomic E-state index is -1.29. The van der Waals surface area contributed by atoms with Crippen LogP contribution in [0, 0.1) is 0 Å². The Kier molecular flexibility index (Phi) is 9.18. The van der Waals surface area contributed by atoms with Crippen molar-refractivity contribution in [3.8, 4) is 16.9 Å². The molecule has 40 heavy (non-hydrogen) atoms. The Morgan fingerprint density at radius 3 is 2.27 bits per heavy atom. The minimum Gasteiger partial charge on any atom is -0.478 e. The molecule has 1 fully saturated rings. The van der Waals surface area contributed by atoms with Crippen LogP contribution >= 0.6 is 0 Å². The topological polar surface area (TPSA) is 78.9 Å². The molecule has 6 nitrogen and oxygen atoms in total. The van der Waals surface area contributed by atoms with Crippen molar-refractivity contribution in [3.63, 3.8) is 0 Å². The number of hydrogen-bond donors (Lipinski definition) is 2. The fourth-order valence-electron chi connectivity index (χ4n) is 5.43. The first-order valence-corrected chi connectivity index (χ1v) is 14.3. The minimum absolute atomic E-state index is 0.0229. The molecule has 3 aromatic rings. The van der Waals surface area contributed by atoms with Crippen LogP contribution in [0.4, 0.5) is 4.79 Å². The number of carboxylic acids is 1. The summed E-state index contributed by atoms with van der Waals surface area (Å²) in [5, 5.41) is 12.6. The lowest BCUT2D eigenvalue weighted by Gasteiger charge is -2.35. The molecular formula is C34H42N2O4. The molecule has 0 saturated carbocycles. The number of nitrogens with zero attached hydrogens (tertiary/aromatic N) is 1. The Labute approximate surface area is 238 Å². The zero-order chi connectivity index (χ0) is 28.8. The number of aliphatic carboxylic acids is 1. The van der Waals surface area contributed by atoms with Crippen LogP contribution in [0.15, 0.2) is 72.8 Å². The number of unbranched alkanes of at least 4 members (excludes halogenated alkanes) is 1. The number of carboxylic acid groups (broad SMARTS) is 1. The average Bonchev–Trinajstić information content (AvgIpc) is 3.22. The predicted octanol–water partition coefficient (Wildman–Crippen LogP) is 6.90. The van der Waals surface area contributed by atoms with Crippen molar-refractivity contribution in [1.82, 2.24) is 10.2 Å². The van der Waals surface area contributed by atoms with Gasteiger partial charge in [0.05, 0.1) is 5.54 Å². The molecule has 6 heteroatoms. The van der Waals surface area contributed by atoms with Crippen LogP contribution in [0.2, 0.25) is 0 Å². The van der Waals surface area contributed by atoms with E-state index < -0.39 is 11.6 Å². The molecule has 0 spiro atoms. The summed E-state index contributed by atoms with van der Waals surface area (Å²) >= 11 is 0. The summed E-state index contributed by atoms with van der Waals surface area (Å²) in [6, 6.07) is 25.1. The van der Waals surface area contributed by atoms with Gasteiger partial charge in [0.2, 0.25) is 0 Å². The number of benzene rings is 3. The number of ether oxygens (including phenoxy) is 1. The Bertz CT molecular complexity index is 1300. The van der Waals surface area contributed by atoms with Crippen molar-refractivity contribution in [3.05, 3.63) is 89.5 Å². The molecule has 1 unspecified atom stereocenters. The number of amides is 2. The standard InChI is InChI=1S/C34H42N2O4/c1-5-6-12-29-22-25(17-20-30(29)40-33(2,3)31(37)38)11-10-21-34(24-35-32(39)36(34)4)23-26-15-18-28(19-16-26)27-13-8-7-9-14-27/h7-9,13-20,22H,5-6,10-12,21,23-24H2,1-4H3,(H,35,39)(H,37,38). The maximum absolute atomic E-state index is 12.6. The van der Waals surface area contributed by atoms with Gasteiger partial charge in [0, 0.05) is 13.6 Å². The van der Waals surface area contributed by atoms with E-state index in [1.165, 1.54) is 22.3 Å². The van der Waals surface area contributed by atoms with Crippen LogP contribution in [-0.2, 0) is 24.1 Å². The van der Waals surface area contributed by atoms with E-state index in [0.29, 0.717) is 12.3 Å². The van der Waals surface area contributed by atoms with Crippen LogP contribution < -0.4 is 10.1 Å². The number of urea groups is 1. The van der Waals surface area contributed by atoms with Crippen molar-refractivity contribution in [2.75, 3.05) is 13.6 Å². The Morgan fingerprint density at radius 2 is 1.65 bits per heavy atom. The quantitative estimate of drug-likeness (QED) is 0.246. The number of likely N-dealkylation sites (N-methyl/N-ethyl adjacent to an activating group) is 1. The van der Waals surface area contributed by atoms with Crippen LogP contribution in [0.5, 0.6) is 5.75 Å². The van der Waals surface area contributed by atoms with Gasteiger partial charge in [-0.2, -0.15) is 0 Å². The SMILES string of the molecule is CCCCc1cc(CCCC2(Cc3ccc(-c4ccccc4)cc3)CNC(=O)N2C)ccc1OC(C)(C)C(=O)O. The highest BCUT2D eigenvalue weighted by Crippen LogP contribution is 2.32. The van der Waals surface area contributed by atoms with Gasteiger partial charge in [-0.25, -0.2) is 9.59 Å². The summed E-state index contributed by atoms with van der Waals surface area (Å²) in [4.78, 5) is 26.1. The third-order valence-corrected chi connectivity index (χ3v) is 8.09. The normalized spacial score (nSPS) is 17.1. The van der Waals surface area contributed by atoms with Gasteiger partial charge in [-0.15, -0.1) is 0 Å². The van der Waals surface area contributed by atoms with Gasteiger partial charge < -0.3 is 20.1 Å². The summed E-state index contributed by atoms with van der Waals surface area (Å²) < 4.78 is 5.93. The van der Waals surface area contributed by atoms with E-state index in [-0.39, 0.29) is 11.6 Å². The van der Waals surface area contributed by atoms with Gasteiger partial charge in [-0.3, -0.25) is 0 Å². The molecule has 0 aliphatic carbocycles. The molecule has 0 aromatic heterocycles. The van der Waals surface area contributed by atoms with Crippen LogP contribution in [0.25, 0.3) is 11.1 Å². The van der Waals surface area contributed by atoms with E-state index in [1.807, 2.05) is 42.3 Å². The van der Waals surface area contributed by atoms with Crippen molar-refractivity contribution < 1.29 is 19.4 Å². The number of carbonyl (C=O) groups is 2. The third-order valence-electron chi connectivity index (χ3n) is 8.09. The number of aryl methyl sites for hydroxylation is 2. The molecule has 0 bridgehead atoms. The van der Waals surface area contributed by atoms with Crippen molar-refractivity contribution in [2.24, 2.45) is 0 Å². The summed E-state index contributed by atoms with van der Waals surface area (Å²) in [6.45, 7) is 5.93. The zero-order valence-corrected chi connectivity index (χ0v) is 24.2. The maximum atomic E-state index is 12.6. The van der Waals surface area contributed by atoms with Crippen molar-refractivity contribution in [2.45, 2.75) is 76.9 Å². The molecule has 4 rings (SSSR count). The second kappa shape index (κ2) is 12.6. The van der Waals surface area contributed by atoms with E-state index >= 15 is 0 Å². The second-order valence-corrected chi connectivity index (χ2v) is 11.5. The number of carbonyl (C=O) groups excluding carboxylic acids is 1. The average molecular weight is 543 g/mol. The molecule has 212 valence electrons. The number of nitrogens with one attached hydrogen (secondary N) is 1. The highest BCUT2D eigenvalue weighted by atomic mass is 16.5. The van der Waals surface area contributed by atoms with Crippen molar-refractivity contribution in [1.29, 1.82) is 0 Å². The fourth-order valence-corrected chi connectivity index (χ4v) is 5.43. The lowest BCUT2D eigenvalue weighted by atomic mass is 9.84. The molecule has 1 aliphatic rings. The summed E-state index contributed by atoms with van der Waals surface area (Å²) in [5.41, 5.74) is 4.27. The lowest BCUT2D eigenvalue weighted by molar-refractivity contribution is -0.152. The highest BCUT2D eigenvalue weighted by molar-refractivity contribution is 5.78. The molecule has 1 saturated heterocycles. The Morgan fingerprint density at radius 1 is 0.975 bits per heavy atom. The largest absolute Gasteiger partial charge is 0.478 e. The monoisotopic (exact) mass is 542 g/mol. The molecule has 2 N–H and O–H groups in total. The van der Waals surface area contributed by atoms with Gasteiger partial charge in [0.1, 0.15) is 5.75 Å². The van der Waals surface area contributed by atoms with Gasteiger partial charge in [0.25, 0.3) is 0 Å². The molecule has 2 amide bonds. The predicted molar refractivity (Wildman–Crippen MR) is 160 cm³/mol. The molecule has 1 aliphatic heterocycles. The third kappa shape index (κ3) is 6.85. The maximum Gasteiger partial charge on any atom is 0.347 e. The number of hydrogen-bond acceptors (Lipinski definition) is 3. The summed E-state index contributed by atoms with van der Waals surface area (Å²) in [7, 11) is 1.90. The zero-order valence-electron chi connectivity index (χ0n) is 24.2. The fraction of sp³-hybridized carbons (Fsp3) is 0.412. The van der Waals surface area contributed by atoms with Gasteiger partial charge in [-0.1, -0.05) is 80.1 Å². The van der Waals surface area contributed by atoms with E-state index in [4.69, 9.17) is 4.74 Å². The molecule has 1 heterocycles. The Balaban J connectivity index is 1.46. The molecule has 0 radical (unpaired) electrons. The van der Waals surface area contributed by atoms with E-state index in [1.54, 1.807) is 13.8 Å². The molecular weight excluding hydrogens is 500 g/mol. The molecule has 1 atom stereocenters. The first-order valence-electron chi connectivity index (χ1n) is 14.3. The molecule has 3 aromatic carbocycles. The van der Waals surface area contributed by atoms with E-state index in [9.17, 15) is 14.7 Å². The van der Waals surface area contributed by atoms with Crippen LogP contribution in [0.1, 0.15) is 63.1 Å². The van der Waals surface area contributed by atoms with Crippen LogP contribution in [-0.4, -0.2) is 46.7 Å². The van der Waals surface area contributed by atoms with Gasteiger partial charge in [-0.05, 0) is 86.3 Å². The first-order chi connectivity index (χ1) is 19.1. The lowest BCUT2D eigenvalue weighted by Crippen LogP contribution is -2.46.